The normalized spacial score (nSPS) is 26.4. The van der Waals surface area contributed by atoms with Crippen LogP contribution in [-0.2, 0) is 19.7 Å². The molecule has 3 aliphatic carbocycles. The second-order valence-electron chi connectivity index (χ2n) is 12.2. The van der Waals surface area contributed by atoms with Gasteiger partial charge < -0.3 is 24.8 Å². The van der Waals surface area contributed by atoms with Crippen LogP contribution in [0.25, 0.3) is 0 Å². The summed E-state index contributed by atoms with van der Waals surface area (Å²) in [6.07, 6.45) is 8.65. The van der Waals surface area contributed by atoms with Crippen LogP contribution in [0.15, 0.2) is 36.2 Å². The number of carbonyl (C=O) groups excluding carboxylic acids is 2. The molecular weight excluding hydrogens is 487 g/mol. The number of hydrogen-bond donors (Lipinski definition) is 2. The first-order valence-corrected chi connectivity index (χ1v) is 14.0. The van der Waals surface area contributed by atoms with Gasteiger partial charge in [-0.05, 0) is 95.2 Å². The minimum Gasteiger partial charge on any atom is -0.489 e. The van der Waals surface area contributed by atoms with Gasteiger partial charge in [0, 0.05) is 36.8 Å². The summed E-state index contributed by atoms with van der Waals surface area (Å²) < 4.78 is 29.8. The van der Waals surface area contributed by atoms with Gasteiger partial charge in [-0.15, -0.1) is 0 Å². The second kappa shape index (κ2) is 12.1. The molecule has 4 fully saturated rings. The van der Waals surface area contributed by atoms with Crippen molar-refractivity contribution in [2.75, 3.05) is 26.4 Å². The molecule has 7 nitrogen and oxygen atoms in total. The standard InChI is InChI=1S/C30H43FN2O5/c1-28(2,3)38-27(35)32-20-22(19-31)21-37-25-7-5-23(6-8-25)29-11-4-12-30(15-13-29,16-14-29)26(34)33-24-9-17-36-18-10-24/h5-8,19,24H,4,9-18,20-21H2,1-3H3,(H,32,35)(H,33,34)/b22-19+. The first-order chi connectivity index (χ1) is 18.1. The topological polar surface area (TPSA) is 85.9 Å². The highest BCUT2D eigenvalue weighted by atomic mass is 19.1. The summed E-state index contributed by atoms with van der Waals surface area (Å²) in [7, 11) is 0. The molecule has 1 saturated heterocycles. The van der Waals surface area contributed by atoms with Crippen LogP contribution in [0, 0.1) is 5.41 Å². The van der Waals surface area contributed by atoms with Crippen LogP contribution in [0.3, 0.4) is 0 Å². The van der Waals surface area contributed by atoms with Gasteiger partial charge in [-0.25, -0.2) is 9.18 Å². The Morgan fingerprint density at radius 2 is 1.74 bits per heavy atom. The molecule has 0 atom stereocenters. The van der Waals surface area contributed by atoms with Gasteiger partial charge in [-0.2, -0.15) is 0 Å². The summed E-state index contributed by atoms with van der Waals surface area (Å²) in [4.78, 5) is 25.2. The van der Waals surface area contributed by atoms with Gasteiger partial charge in [-0.1, -0.05) is 18.6 Å². The first kappa shape index (κ1) is 28.4. The first-order valence-electron chi connectivity index (χ1n) is 14.0. The van der Waals surface area contributed by atoms with E-state index in [1.54, 1.807) is 20.8 Å². The predicted molar refractivity (Wildman–Crippen MR) is 144 cm³/mol. The van der Waals surface area contributed by atoms with E-state index < -0.39 is 11.7 Å². The summed E-state index contributed by atoms with van der Waals surface area (Å²) >= 11 is 0. The van der Waals surface area contributed by atoms with Crippen molar-refractivity contribution in [1.29, 1.82) is 0 Å². The van der Waals surface area contributed by atoms with Crippen molar-refractivity contribution in [1.82, 2.24) is 10.6 Å². The summed E-state index contributed by atoms with van der Waals surface area (Å²) in [6.45, 7) is 6.82. The molecule has 0 spiro atoms. The average molecular weight is 531 g/mol. The van der Waals surface area contributed by atoms with Gasteiger partial charge in [0.15, 0.2) is 0 Å². The molecule has 1 aromatic carbocycles. The van der Waals surface area contributed by atoms with Gasteiger partial charge >= 0.3 is 6.09 Å². The van der Waals surface area contributed by atoms with E-state index in [0.29, 0.717) is 17.7 Å². The quantitative estimate of drug-likeness (QED) is 0.449. The van der Waals surface area contributed by atoms with Crippen molar-refractivity contribution in [3.8, 4) is 5.75 Å². The Bertz CT molecular complexity index is 987. The number of fused-ring (bicyclic) bond motifs is 4. The number of rotatable bonds is 8. The van der Waals surface area contributed by atoms with Crippen LogP contribution in [0.2, 0.25) is 0 Å². The molecule has 38 heavy (non-hydrogen) atoms. The Morgan fingerprint density at radius 1 is 1.05 bits per heavy atom. The van der Waals surface area contributed by atoms with Gasteiger partial charge in [0.05, 0.1) is 6.33 Å². The minimum absolute atomic E-state index is 0.0104. The van der Waals surface area contributed by atoms with Crippen LogP contribution in [0.5, 0.6) is 5.75 Å². The zero-order valence-corrected chi connectivity index (χ0v) is 23.1. The molecule has 2 amide bonds. The van der Waals surface area contributed by atoms with E-state index in [1.165, 1.54) is 5.56 Å². The maximum Gasteiger partial charge on any atom is 0.407 e. The van der Waals surface area contributed by atoms with Crippen LogP contribution in [-0.4, -0.2) is 50.0 Å². The summed E-state index contributed by atoms with van der Waals surface area (Å²) in [5, 5.41) is 5.90. The molecule has 0 radical (unpaired) electrons. The lowest BCUT2D eigenvalue weighted by Gasteiger charge is -2.43. The van der Waals surface area contributed by atoms with Crippen molar-refractivity contribution in [3.63, 3.8) is 0 Å². The zero-order chi connectivity index (χ0) is 27.2. The monoisotopic (exact) mass is 530 g/mol. The molecule has 2 N–H and O–H groups in total. The SMILES string of the molecule is CC(C)(C)OC(=O)NC/C(=C\F)COc1ccc(C23CCCC(C(=O)NC4CCOCC4)(CC2)CC3)cc1. The maximum absolute atomic E-state index is 13.3. The van der Waals surface area contributed by atoms with Gasteiger partial charge in [0.2, 0.25) is 5.91 Å². The molecule has 4 aliphatic rings. The van der Waals surface area contributed by atoms with Crippen LogP contribution in [0.4, 0.5) is 9.18 Å². The number of amides is 2. The van der Waals surface area contributed by atoms with Crippen molar-refractivity contribution < 1.29 is 28.2 Å². The average Bonchev–Trinajstić information content (AvgIpc) is 3.21. The Labute approximate surface area is 225 Å². The number of benzene rings is 1. The molecular formula is C30H43FN2O5. The molecule has 1 heterocycles. The second-order valence-corrected chi connectivity index (χ2v) is 12.2. The lowest BCUT2D eigenvalue weighted by Crippen LogP contribution is -2.49. The number of hydrogen-bond acceptors (Lipinski definition) is 5. The molecule has 1 aromatic rings. The molecule has 5 rings (SSSR count). The molecule has 210 valence electrons. The van der Waals surface area contributed by atoms with Crippen LogP contribution < -0.4 is 15.4 Å². The van der Waals surface area contributed by atoms with E-state index >= 15 is 0 Å². The summed E-state index contributed by atoms with van der Waals surface area (Å²) in [5.41, 5.74) is 0.848. The largest absolute Gasteiger partial charge is 0.489 e. The van der Waals surface area contributed by atoms with Crippen LogP contribution in [0.1, 0.15) is 84.1 Å². The number of halogens is 1. The van der Waals surface area contributed by atoms with E-state index in [2.05, 4.69) is 22.8 Å². The molecule has 2 bridgehead atoms. The summed E-state index contributed by atoms with van der Waals surface area (Å²) in [6, 6.07) is 8.35. The van der Waals surface area contributed by atoms with E-state index in [4.69, 9.17) is 14.2 Å². The Morgan fingerprint density at radius 3 is 2.37 bits per heavy atom. The van der Waals surface area contributed by atoms with Gasteiger partial charge in [-0.3, -0.25) is 4.79 Å². The number of nitrogens with one attached hydrogen (secondary N) is 2. The Hall–Kier alpha value is -2.61. The Kier molecular flexibility index (Phi) is 9.01. The van der Waals surface area contributed by atoms with Crippen LogP contribution >= 0.6 is 0 Å². The molecule has 8 heteroatoms. The highest BCUT2D eigenvalue weighted by Crippen LogP contribution is 2.55. The molecule has 0 aromatic heterocycles. The van der Waals surface area contributed by atoms with Crippen molar-refractivity contribution >= 4 is 12.0 Å². The summed E-state index contributed by atoms with van der Waals surface area (Å²) in [5.74, 6) is 0.901. The lowest BCUT2D eigenvalue weighted by molar-refractivity contribution is -0.134. The smallest absolute Gasteiger partial charge is 0.407 e. The minimum atomic E-state index is -0.615. The maximum atomic E-state index is 13.3. The van der Waals surface area contributed by atoms with E-state index in [-0.39, 0.29) is 35.9 Å². The fourth-order valence-corrected chi connectivity index (χ4v) is 6.13. The third kappa shape index (κ3) is 7.07. The number of carbonyl (C=O) groups is 2. The fourth-order valence-electron chi connectivity index (χ4n) is 6.13. The fraction of sp³-hybridized carbons (Fsp3) is 0.667. The van der Waals surface area contributed by atoms with E-state index in [9.17, 15) is 14.0 Å². The highest BCUT2D eigenvalue weighted by molar-refractivity contribution is 5.83. The Balaban J connectivity index is 1.30. The third-order valence-electron chi connectivity index (χ3n) is 8.42. The highest BCUT2D eigenvalue weighted by Gasteiger charge is 2.50. The van der Waals surface area contributed by atoms with Gasteiger partial charge in [0.1, 0.15) is 18.0 Å². The molecule has 1 aliphatic heterocycles. The predicted octanol–water partition coefficient (Wildman–Crippen LogP) is 5.72. The number of ether oxygens (including phenoxy) is 3. The lowest BCUT2D eigenvalue weighted by atomic mass is 9.62. The van der Waals surface area contributed by atoms with E-state index in [0.717, 1.165) is 71.0 Å². The van der Waals surface area contributed by atoms with Gasteiger partial charge in [0.25, 0.3) is 0 Å². The van der Waals surface area contributed by atoms with Crippen molar-refractivity contribution in [3.05, 3.63) is 41.7 Å². The van der Waals surface area contributed by atoms with Crippen molar-refractivity contribution in [2.24, 2.45) is 5.41 Å². The molecule has 0 unspecified atom stereocenters. The number of alkyl carbamates (subject to hydrolysis) is 1. The molecule has 3 saturated carbocycles. The van der Waals surface area contributed by atoms with E-state index in [1.807, 2.05) is 12.1 Å². The third-order valence-corrected chi connectivity index (χ3v) is 8.42. The van der Waals surface area contributed by atoms with Crippen molar-refractivity contribution in [2.45, 2.75) is 95.6 Å². The zero-order valence-electron chi connectivity index (χ0n) is 23.1.